The fraction of sp³-hybridized carbons (Fsp3) is 0.500. The molecule has 138 valence electrons. The van der Waals surface area contributed by atoms with Gasteiger partial charge < -0.3 is 14.6 Å². The first kappa shape index (κ1) is 17.2. The molecule has 6 nitrogen and oxygen atoms in total. The molecule has 26 heavy (non-hydrogen) atoms. The summed E-state index contributed by atoms with van der Waals surface area (Å²) in [6.45, 7) is 4.20. The molecule has 0 saturated carbocycles. The zero-order valence-electron chi connectivity index (χ0n) is 15.2. The molecule has 2 fully saturated rings. The summed E-state index contributed by atoms with van der Waals surface area (Å²) in [5, 5.41) is 10.2. The maximum atomic E-state index is 12.9. The minimum Gasteiger partial charge on any atom is -0.396 e. The van der Waals surface area contributed by atoms with Crippen LogP contribution in [-0.4, -0.2) is 63.2 Å². The summed E-state index contributed by atoms with van der Waals surface area (Å²) in [6.07, 6.45) is 4.21. The quantitative estimate of drug-likeness (QED) is 0.901. The Labute approximate surface area is 154 Å². The van der Waals surface area contributed by atoms with E-state index in [2.05, 4.69) is 34.1 Å². The lowest BCUT2D eigenvalue weighted by Crippen LogP contribution is -2.52. The summed E-state index contributed by atoms with van der Waals surface area (Å²) in [5.41, 5.74) is 1.68. The average molecular weight is 354 g/mol. The molecule has 2 atom stereocenters. The molecule has 2 aliphatic rings. The second-order valence-corrected chi connectivity index (χ2v) is 7.78. The summed E-state index contributed by atoms with van der Waals surface area (Å²) >= 11 is 0. The first-order valence-corrected chi connectivity index (χ1v) is 9.24. The van der Waals surface area contributed by atoms with Crippen molar-refractivity contribution in [3.63, 3.8) is 0 Å². The molecule has 4 rings (SSSR count). The van der Waals surface area contributed by atoms with Crippen LogP contribution < -0.4 is 0 Å². The highest BCUT2D eigenvalue weighted by Gasteiger charge is 2.50. The van der Waals surface area contributed by atoms with Gasteiger partial charge in [-0.15, -0.1) is 0 Å². The fourth-order valence-corrected chi connectivity index (χ4v) is 4.58. The van der Waals surface area contributed by atoms with Gasteiger partial charge in [0.05, 0.1) is 19.1 Å². The fourth-order valence-electron chi connectivity index (χ4n) is 4.58. The molecule has 0 bridgehead atoms. The first-order valence-electron chi connectivity index (χ1n) is 9.24. The molecule has 2 saturated heterocycles. The van der Waals surface area contributed by atoms with Gasteiger partial charge >= 0.3 is 0 Å². The predicted molar refractivity (Wildman–Crippen MR) is 98.5 cm³/mol. The molecule has 1 aromatic heterocycles. The van der Waals surface area contributed by atoms with E-state index in [-0.39, 0.29) is 17.9 Å². The highest BCUT2D eigenvalue weighted by Crippen LogP contribution is 2.42. The van der Waals surface area contributed by atoms with Crippen LogP contribution in [0.25, 0.3) is 0 Å². The monoisotopic (exact) mass is 354 g/mol. The third-order valence-electron chi connectivity index (χ3n) is 6.02. The Bertz CT molecular complexity index is 775. The lowest BCUT2D eigenvalue weighted by molar-refractivity contribution is 0.0113. The van der Waals surface area contributed by atoms with Crippen molar-refractivity contribution in [1.82, 2.24) is 19.4 Å². The Morgan fingerprint density at radius 1 is 1.31 bits per heavy atom. The summed E-state index contributed by atoms with van der Waals surface area (Å²) in [7, 11) is 1.84. The van der Waals surface area contributed by atoms with Crippen molar-refractivity contribution in [2.45, 2.75) is 13.0 Å². The number of aryl methyl sites for hydroxylation is 1. The molecule has 3 heterocycles. The summed E-state index contributed by atoms with van der Waals surface area (Å²) in [6, 6.07) is 10.4. The van der Waals surface area contributed by atoms with Gasteiger partial charge in [-0.1, -0.05) is 30.3 Å². The Kier molecular flexibility index (Phi) is 4.54. The van der Waals surface area contributed by atoms with Crippen LogP contribution in [0.5, 0.6) is 0 Å². The van der Waals surface area contributed by atoms with Crippen LogP contribution in [0.1, 0.15) is 22.5 Å². The van der Waals surface area contributed by atoms with Gasteiger partial charge in [0.25, 0.3) is 5.91 Å². The van der Waals surface area contributed by atoms with Gasteiger partial charge in [-0.3, -0.25) is 9.69 Å². The number of benzene rings is 1. The summed E-state index contributed by atoms with van der Waals surface area (Å²) < 4.78 is 1.76. The van der Waals surface area contributed by atoms with Crippen LogP contribution in [0.2, 0.25) is 0 Å². The van der Waals surface area contributed by atoms with Crippen molar-refractivity contribution in [1.29, 1.82) is 0 Å². The molecule has 1 N–H and O–H groups in total. The summed E-state index contributed by atoms with van der Waals surface area (Å²) in [4.78, 5) is 21.3. The Balaban J connectivity index is 1.49. The highest BCUT2D eigenvalue weighted by atomic mass is 16.3. The minimum absolute atomic E-state index is 0.0118. The van der Waals surface area contributed by atoms with Gasteiger partial charge in [-0.25, -0.2) is 4.98 Å². The van der Waals surface area contributed by atoms with Gasteiger partial charge in [-0.2, -0.15) is 0 Å². The third kappa shape index (κ3) is 3.04. The molecular formula is C20H26N4O2. The number of aromatic nitrogens is 2. The smallest absolute Gasteiger partial charge is 0.272 e. The van der Waals surface area contributed by atoms with Crippen molar-refractivity contribution in [3.8, 4) is 0 Å². The van der Waals surface area contributed by atoms with Crippen LogP contribution in [0.15, 0.2) is 42.9 Å². The number of nitrogens with zero attached hydrogens (tertiary/aromatic N) is 4. The normalized spacial score (nSPS) is 26.1. The topological polar surface area (TPSA) is 61.6 Å². The molecule has 0 unspecified atom stereocenters. The number of aliphatic hydroxyl groups is 1. The summed E-state index contributed by atoms with van der Waals surface area (Å²) in [5.74, 6) is 0.449. The van der Waals surface area contributed by atoms with Crippen LogP contribution in [0.3, 0.4) is 0 Å². The number of hydrogen-bond acceptors (Lipinski definition) is 4. The maximum Gasteiger partial charge on any atom is 0.272 e. The van der Waals surface area contributed by atoms with E-state index in [0.29, 0.717) is 18.2 Å². The number of fused-ring (bicyclic) bond motifs is 1. The zero-order valence-corrected chi connectivity index (χ0v) is 15.2. The van der Waals surface area contributed by atoms with E-state index in [1.165, 1.54) is 5.56 Å². The van der Waals surface area contributed by atoms with Crippen molar-refractivity contribution in [2.75, 3.05) is 32.8 Å². The Morgan fingerprint density at radius 2 is 2.12 bits per heavy atom. The number of carbonyl (C=O) groups excluding carboxylic acids is 1. The standard InChI is InChI=1S/C20H26N4O2/c1-22-15-21-9-18(22)19(26)24-8-7-17-11-23(12-20(17,13-24)14-25)10-16-5-3-2-4-6-16/h2-6,9,15,17,25H,7-8,10-14H2,1H3/t17-,20-/m0/s1. The number of piperidine rings is 1. The number of hydrogen-bond donors (Lipinski definition) is 1. The van der Waals surface area contributed by atoms with Gasteiger partial charge in [0.2, 0.25) is 0 Å². The lowest BCUT2D eigenvalue weighted by atomic mass is 9.74. The largest absolute Gasteiger partial charge is 0.396 e. The Morgan fingerprint density at radius 3 is 2.81 bits per heavy atom. The van der Waals surface area contributed by atoms with Gasteiger partial charge in [0, 0.05) is 45.2 Å². The molecular weight excluding hydrogens is 328 g/mol. The maximum absolute atomic E-state index is 12.9. The molecule has 1 amide bonds. The second-order valence-electron chi connectivity index (χ2n) is 7.78. The molecule has 0 spiro atoms. The van der Waals surface area contributed by atoms with E-state index in [0.717, 1.165) is 32.6 Å². The molecule has 0 aliphatic carbocycles. The molecule has 2 aliphatic heterocycles. The number of carbonyl (C=O) groups is 1. The predicted octanol–water partition coefficient (Wildman–Crippen LogP) is 1.38. The van der Waals surface area contributed by atoms with Crippen molar-refractivity contribution < 1.29 is 9.90 Å². The lowest BCUT2D eigenvalue weighted by Gasteiger charge is -2.43. The van der Waals surface area contributed by atoms with Crippen molar-refractivity contribution >= 4 is 5.91 Å². The van der Waals surface area contributed by atoms with Crippen molar-refractivity contribution in [2.24, 2.45) is 18.4 Å². The van der Waals surface area contributed by atoms with Crippen LogP contribution in [-0.2, 0) is 13.6 Å². The molecule has 2 aromatic rings. The number of rotatable bonds is 4. The molecule has 0 radical (unpaired) electrons. The van der Waals surface area contributed by atoms with Crippen LogP contribution in [0.4, 0.5) is 0 Å². The van der Waals surface area contributed by atoms with Gasteiger partial charge in [-0.05, 0) is 17.9 Å². The number of aliphatic hydroxyl groups excluding tert-OH is 1. The van der Waals surface area contributed by atoms with Crippen LogP contribution in [0, 0.1) is 11.3 Å². The zero-order chi connectivity index (χ0) is 18.1. The SMILES string of the molecule is Cn1cncc1C(=O)N1CC[C@H]2CN(Cc3ccccc3)C[C@@]2(CO)C1. The highest BCUT2D eigenvalue weighted by molar-refractivity contribution is 5.92. The number of imidazole rings is 1. The average Bonchev–Trinajstić information content (AvgIpc) is 3.24. The second kappa shape index (κ2) is 6.85. The van der Waals surface area contributed by atoms with E-state index < -0.39 is 0 Å². The third-order valence-corrected chi connectivity index (χ3v) is 6.02. The van der Waals surface area contributed by atoms with Crippen LogP contribution >= 0.6 is 0 Å². The van der Waals surface area contributed by atoms with E-state index in [1.54, 1.807) is 17.1 Å². The van der Waals surface area contributed by atoms with Crippen molar-refractivity contribution in [3.05, 3.63) is 54.1 Å². The van der Waals surface area contributed by atoms with E-state index in [4.69, 9.17) is 0 Å². The first-order chi connectivity index (χ1) is 12.6. The number of amides is 1. The van der Waals surface area contributed by atoms with Gasteiger partial charge in [0.15, 0.2) is 0 Å². The van der Waals surface area contributed by atoms with E-state index >= 15 is 0 Å². The van der Waals surface area contributed by atoms with Gasteiger partial charge in [0.1, 0.15) is 5.69 Å². The molecule has 1 aromatic carbocycles. The molecule has 6 heteroatoms. The minimum atomic E-state index is -0.221. The van der Waals surface area contributed by atoms with E-state index in [1.807, 2.05) is 18.0 Å². The van der Waals surface area contributed by atoms with E-state index in [9.17, 15) is 9.90 Å². The Hall–Kier alpha value is -2.18. The number of likely N-dealkylation sites (tertiary alicyclic amines) is 2.